The number of guanidine groups is 1. The number of carbonyl (C=O) groups excluding carboxylic acids is 1. The van der Waals surface area contributed by atoms with Crippen molar-refractivity contribution in [2.75, 3.05) is 31.1 Å². The molecule has 1 aliphatic heterocycles. The Balaban J connectivity index is 1.59. The average Bonchev–Trinajstić information content (AvgIpc) is 3.25. The quantitative estimate of drug-likeness (QED) is 0.464. The van der Waals surface area contributed by atoms with Crippen LogP contribution in [0.3, 0.4) is 0 Å². The van der Waals surface area contributed by atoms with Crippen LogP contribution in [0.4, 0.5) is 5.69 Å². The Morgan fingerprint density at radius 3 is 2.70 bits per heavy atom. The third-order valence-electron chi connectivity index (χ3n) is 5.14. The monoisotopic (exact) mass is 407 g/mol. The van der Waals surface area contributed by atoms with Gasteiger partial charge in [-0.15, -0.1) is 0 Å². The van der Waals surface area contributed by atoms with E-state index in [2.05, 4.69) is 52.0 Å². The van der Waals surface area contributed by atoms with Crippen molar-refractivity contribution in [2.24, 2.45) is 4.99 Å². The van der Waals surface area contributed by atoms with Gasteiger partial charge in [0.15, 0.2) is 5.96 Å². The maximum absolute atomic E-state index is 12.2. The molecule has 1 saturated heterocycles. The molecule has 0 radical (unpaired) electrons. The van der Waals surface area contributed by atoms with Crippen molar-refractivity contribution in [3.05, 3.63) is 65.7 Å². The minimum absolute atomic E-state index is 0.0281. The highest BCUT2D eigenvalue weighted by Gasteiger charge is 2.23. The van der Waals surface area contributed by atoms with Crippen LogP contribution in [0, 0.1) is 0 Å². The molecule has 0 aliphatic carbocycles. The van der Waals surface area contributed by atoms with Crippen LogP contribution >= 0.6 is 0 Å². The van der Waals surface area contributed by atoms with E-state index < -0.39 is 0 Å². The number of amides is 1. The molecule has 1 aliphatic rings. The Bertz CT molecular complexity index is 836. The standard InChI is InChI=1S/C24H33N5O/c1-3-14-26-23(30)20-10-8-9-19(16-20)17-27-24(25-4-2)28-21-13-15-29(18-21)22-11-6-5-7-12-22/h5-12,16,21H,3-4,13-15,17-18H2,1-2H3,(H,26,30)(H2,25,27,28). The van der Waals surface area contributed by atoms with Crippen molar-refractivity contribution in [1.82, 2.24) is 16.0 Å². The van der Waals surface area contributed by atoms with Crippen LogP contribution in [0.25, 0.3) is 0 Å². The third kappa shape index (κ3) is 6.24. The number of hydrogen-bond acceptors (Lipinski definition) is 3. The number of anilines is 1. The summed E-state index contributed by atoms with van der Waals surface area (Å²) in [6, 6.07) is 18.6. The number of benzene rings is 2. The molecule has 160 valence electrons. The van der Waals surface area contributed by atoms with E-state index >= 15 is 0 Å². The smallest absolute Gasteiger partial charge is 0.251 e. The van der Waals surface area contributed by atoms with Gasteiger partial charge >= 0.3 is 0 Å². The molecule has 2 aromatic carbocycles. The minimum atomic E-state index is -0.0281. The lowest BCUT2D eigenvalue weighted by Gasteiger charge is -2.20. The zero-order valence-corrected chi connectivity index (χ0v) is 18.0. The van der Waals surface area contributed by atoms with Gasteiger partial charge in [-0.3, -0.25) is 4.79 Å². The van der Waals surface area contributed by atoms with E-state index in [4.69, 9.17) is 4.99 Å². The summed E-state index contributed by atoms with van der Waals surface area (Å²) in [5.41, 5.74) is 2.97. The van der Waals surface area contributed by atoms with Crippen LogP contribution in [-0.2, 0) is 6.54 Å². The van der Waals surface area contributed by atoms with E-state index in [0.717, 1.165) is 44.0 Å². The molecule has 2 aromatic rings. The van der Waals surface area contributed by atoms with Crippen molar-refractivity contribution in [3.63, 3.8) is 0 Å². The van der Waals surface area contributed by atoms with Gasteiger partial charge in [-0.05, 0) is 49.6 Å². The number of hydrogen-bond donors (Lipinski definition) is 3. The maximum atomic E-state index is 12.2. The van der Waals surface area contributed by atoms with Crippen molar-refractivity contribution in [3.8, 4) is 0 Å². The van der Waals surface area contributed by atoms with Crippen LogP contribution in [0.2, 0.25) is 0 Å². The first-order chi connectivity index (χ1) is 14.7. The Hall–Kier alpha value is -3.02. The molecule has 1 amide bonds. The Morgan fingerprint density at radius 2 is 1.93 bits per heavy atom. The number of carbonyl (C=O) groups is 1. The molecule has 3 rings (SSSR count). The van der Waals surface area contributed by atoms with Gasteiger partial charge in [0, 0.05) is 43.5 Å². The molecular formula is C24H33N5O. The Kier molecular flexibility index (Phi) is 8.12. The first-order valence-corrected chi connectivity index (χ1v) is 10.9. The molecule has 30 heavy (non-hydrogen) atoms. The van der Waals surface area contributed by atoms with Crippen LogP contribution in [0.1, 0.15) is 42.6 Å². The first-order valence-electron chi connectivity index (χ1n) is 10.9. The molecule has 1 heterocycles. The molecule has 6 heteroatoms. The second kappa shape index (κ2) is 11.2. The highest BCUT2D eigenvalue weighted by molar-refractivity contribution is 5.94. The van der Waals surface area contributed by atoms with Gasteiger partial charge in [0.1, 0.15) is 0 Å². The summed E-state index contributed by atoms with van der Waals surface area (Å²) >= 11 is 0. The minimum Gasteiger partial charge on any atom is -0.369 e. The topological polar surface area (TPSA) is 68.8 Å². The van der Waals surface area contributed by atoms with E-state index in [1.807, 2.05) is 37.3 Å². The summed E-state index contributed by atoms with van der Waals surface area (Å²) in [5, 5.41) is 9.83. The van der Waals surface area contributed by atoms with Crippen LogP contribution in [0.5, 0.6) is 0 Å². The molecule has 1 atom stereocenters. The van der Waals surface area contributed by atoms with Crippen molar-refractivity contribution < 1.29 is 4.79 Å². The lowest BCUT2D eigenvalue weighted by Crippen LogP contribution is -2.44. The predicted octanol–water partition coefficient (Wildman–Crippen LogP) is 3.16. The number of nitrogens with one attached hydrogen (secondary N) is 3. The van der Waals surface area contributed by atoms with Crippen LogP contribution in [-0.4, -0.2) is 44.1 Å². The lowest BCUT2D eigenvalue weighted by atomic mass is 10.1. The van der Waals surface area contributed by atoms with Gasteiger partial charge in [0.05, 0.1) is 6.54 Å². The SMILES string of the molecule is CCCNC(=O)c1cccc(CN=C(NCC)NC2CCN(c3ccccc3)C2)c1. The van der Waals surface area contributed by atoms with E-state index in [-0.39, 0.29) is 5.91 Å². The molecule has 1 unspecified atom stereocenters. The normalized spacial score (nSPS) is 16.4. The third-order valence-corrected chi connectivity index (χ3v) is 5.14. The summed E-state index contributed by atoms with van der Waals surface area (Å²) in [6.07, 6.45) is 2.00. The predicted molar refractivity (Wildman–Crippen MR) is 124 cm³/mol. The molecule has 6 nitrogen and oxygen atoms in total. The maximum Gasteiger partial charge on any atom is 0.251 e. The van der Waals surface area contributed by atoms with E-state index in [9.17, 15) is 4.79 Å². The fraction of sp³-hybridized carbons (Fsp3) is 0.417. The molecule has 0 aromatic heterocycles. The zero-order valence-electron chi connectivity index (χ0n) is 18.0. The molecular weight excluding hydrogens is 374 g/mol. The van der Waals surface area contributed by atoms with Gasteiger partial charge in [0.2, 0.25) is 0 Å². The number of nitrogens with zero attached hydrogens (tertiary/aromatic N) is 2. The molecule has 0 saturated carbocycles. The fourth-order valence-corrected chi connectivity index (χ4v) is 3.59. The first kappa shape index (κ1) is 21.7. The van der Waals surface area contributed by atoms with Gasteiger partial charge in [0.25, 0.3) is 5.91 Å². The van der Waals surface area contributed by atoms with E-state index in [1.165, 1.54) is 5.69 Å². The second-order valence-corrected chi connectivity index (χ2v) is 7.56. The van der Waals surface area contributed by atoms with Gasteiger partial charge in [-0.25, -0.2) is 4.99 Å². The fourth-order valence-electron chi connectivity index (χ4n) is 3.59. The second-order valence-electron chi connectivity index (χ2n) is 7.56. The zero-order chi connectivity index (χ0) is 21.2. The van der Waals surface area contributed by atoms with Gasteiger partial charge < -0.3 is 20.9 Å². The Labute approximate surface area is 179 Å². The molecule has 1 fully saturated rings. The average molecular weight is 408 g/mol. The highest BCUT2D eigenvalue weighted by Crippen LogP contribution is 2.19. The van der Waals surface area contributed by atoms with E-state index in [0.29, 0.717) is 24.7 Å². The van der Waals surface area contributed by atoms with Gasteiger partial charge in [-0.2, -0.15) is 0 Å². The summed E-state index contributed by atoms with van der Waals surface area (Å²) in [7, 11) is 0. The number of aliphatic imine (C=N–C) groups is 1. The lowest BCUT2D eigenvalue weighted by molar-refractivity contribution is 0.0953. The van der Waals surface area contributed by atoms with E-state index in [1.54, 1.807) is 0 Å². The molecule has 3 N–H and O–H groups in total. The van der Waals surface area contributed by atoms with Crippen molar-refractivity contribution in [2.45, 2.75) is 39.3 Å². The highest BCUT2D eigenvalue weighted by atomic mass is 16.1. The largest absolute Gasteiger partial charge is 0.369 e. The van der Waals surface area contributed by atoms with Crippen molar-refractivity contribution in [1.29, 1.82) is 0 Å². The molecule has 0 spiro atoms. The Morgan fingerprint density at radius 1 is 1.10 bits per heavy atom. The summed E-state index contributed by atoms with van der Waals surface area (Å²) in [6.45, 7) is 8.14. The van der Waals surface area contributed by atoms with Crippen molar-refractivity contribution >= 4 is 17.6 Å². The summed E-state index contributed by atoms with van der Waals surface area (Å²) in [4.78, 5) is 19.4. The number of rotatable bonds is 8. The van der Waals surface area contributed by atoms with Crippen LogP contribution in [0.15, 0.2) is 59.6 Å². The summed E-state index contributed by atoms with van der Waals surface area (Å²) in [5.74, 6) is 0.790. The number of para-hydroxylation sites is 1. The van der Waals surface area contributed by atoms with Crippen LogP contribution < -0.4 is 20.9 Å². The summed E-state index contributed by atoms with van der Waals surface area (Å²) < 4.78 is 0. The molecule has 0 bridgehead atoms. The van der Waals surface area contributed by atoms with Gasteiger partial charge in [-0.1, -0.05) is 37.3 Å².